The first-order valence-electron chi connectivity index (χ1n) is 5.75. The van der Waals surface area contributed by atoms with Gasteiger partial charge in [-0.25, -0.2) is 0 Å². The molecule has 1 aromatic heterocycles. The van der Waals surface area contributed by atoms with Gasteiger partial charge >= 0.3 is 0 Å². The third-order valence-corrected chi connectivity index (χ3v) is 2.68. The molecule has 0 saturated carbocycles. The molecule has 3 nitrogen and oxygen atoms in total. The zero-order valence-electron chi connectivity index (χ0n) is 11.5. The van der Waals surface area contributed by atoms with E-state index in [-0.39, 0.29) is 10.8 Å². The van der Waals surface area contributed by atoms with Gasteiger partial charge in [0.05, 0.1) is 11.8 Å². The van der Waals surface area contributed by atoms with Gasteiger partial charge in [0.2, 0.25) is 0 Å². The quantitative estimate of drug-likeness (QED) is 0.796. The van der Waals surface area contributed by atoms with E-state index in [1.54, 1.807) is 4.68 Å². The Labute approximate surface area is 98.5 Å². The van der Waals surface area contributed by atoms with Crippen LogP contribution >= 0.6 is 0 Å². The number of hydrogen-bond acceptors (Lipinski definition) is 2. The Kier molecular flexibility index (Phi) is 3.21. The lowest BCUT2D eigenvalue weighted by molar-refractivity contribution is 0.0611. The van der Waals surface area contributed by atoms with Gasteiger partial charge in [0, 0.05) is 24.2 Å². The van der Waals surface area contributed by atoms with Gasteiger partial charge in [-0.1, -0.05) is 41.5 Å². The van der Waals surface area contributed by atoms with Crippen molar-refractivity contribution in [2.75, 3.05) is 0 Å². The van der Waals surface area contributed by atoms with E-state index in [1.807, 2.05) is 34.0 Å². The lowest BCUT2D eigenvalue weighted by atomic mass is 9.80. The van der Waals surface area contributed by atoms with E-state index in [2.05, 4.69) is 25.9 Å². The van der Waals surface area contributed by atoms with E-state index in [0.717, 1.165) is 11.3 Å². The van der Waals surface area contributed by atoms with E-state index in [1.165, 1.54) is 0 Å². The highest BCUT2D eigenvalue weighted by Gasteiger charge is 2.31. The van der Waals surface area contributed by atoms with Gasteiger partial charge in [-0.05, 0) is 5.41 Å². The Morgan fingerprint density at radius 2 is 1.69 bits per heavy atom. The summed E-state index contributed by atoms with van der Waals surface area (Å²) in [7, 11) is 1.90. The molecule has 0 amide bonds. The molecule has 3 heteroatoms. The van der Waals surface area contributed by atoms with Gasteiger partial charge in [-0.15, -0.1) is 0 Å². The van der Waals surface area contributed by atoms with Crippen LogP contribution in [0.25, 0.3) is 0 Å². The second-order valence-corrected chi connectivity index (χ2v) is 6.63. The molecule has 0 aliphatic carbocycles. The van der Waals surface area contributed by atoms with Gasteiger partial charge in [0.1, 0.15) is 0 Å². The zero-order chi connectivity index (χ0) is 12.7. The van der Waals surface area contributed by atoms with Crippen LogP contribution in [0.4, 0.5) is 0 Å². The molecule has 1 heterocycles. The van der Waals surface area contributed by atoms with Crippen LogP contribution in [-0.2, 0) is 12.5 Å². The van der Waals surface area contributed by atoms with Crippen LogP contribution in [0.1, 0.15) is 58.9 Å². The molecule has 92 valence electrons. The number of rotatable bonds is 1. The molecule has 0 spiro atoms. The molecule has 0 aliphatic heterocycles. The summed E-state index contributed by atoms with van der Waals surface area (Å²) in [5.74, 6) is 0. The first-order valence-corrected chi connectivity index (χ1v) is 5.75. The summed E-state index contributed by atoms with van der Waals surface area (Å²) >= 11 is 0. The maximum absolute atomic E-state index is 10.4. The van der Waals surface area contributed by atoms with Crippen molar-refractivity contribution in [3.63, 3.8) is 0 Å². The summed E-state index contributed by atoms with van der Waals surface area (Å²) in [6, 6.07) is 0. The molecular formula is C13H24N2O. The summed E-state index contributed by atoms with van der Waals surface area (Å²) in [5, 5.41) is 14.8. The molecule has 16 heavy (non-hydrogen) atoms. The van der Waals surface area contributed by atoms with Gasteiger partial charge in [-0.2, -0.15) is 5.10 Å². The van der Waals surface area contributed by atoms with Crippen molar-refractivity contribution in [2.24, 2.45) is 12.5 Å². The monoisotopic (exact) mass is 224 g/mol. The van der Waals surface area contributed by atoms with Gasteiger partial charge < -0.3 is 5.11 Å². The third-order valence-electron chi connectivity index (χ3n) is 2.68. The lowest BCUT2D eigenvalue weighted by Crippen LogP contribution is -2.22. The van der Waals surface area contributed by atoms with E-state index < -0.39 is 6.10 Å². The first-order chi connectivity index (χ1) is 7.03. The van der Waals surface area contributed by atoms with Crippen molar-refractivity contribution in [1.29, 1.82) is 0 Å². The number of aliphatic hydroxyl groups is 1. The predicted octanol–water partition coefficient (Wildman–Crippen LogP) is 2.80. The molecule has 0 saturated heterocycles. The van der Waals surface area contributed by atoms with Crippen LogP contribution in [0.2, 0.25) is 0 Å². The van der Waals surface area contributed by atoms with Crippen LogP contribution in [0, 0.1) is 5.41 Å². The Morgan fingerprint density at radius 1 is 1.19 bits per heavy atom. The minimum Gasteiger partial charge on any atom is -0.388 e. The fourth-order valence-corrected chi connectivity index (χ4v) is 1.76. The van der Waals surface area contributed by atoms with Crippen LogP contribution in [0.3, 0.4) is 0 Å². The standard InChI is InChI=1S/C13H24N2O/c1-12(2,3)10-9(8-15(7)14-10)11(16)13(4,5)6/h8,11,16H,1-7H3. The van der Waals surface area contributed by atoms with Crippen molar-refractivity contribution in [1.82, 2.24) is 9.78 Å². The van der Waals surface area contributed by atoms with Crippen molar-refractivity contribution < 1.29 is 5.11 Å². The van der Waals surface area contributed by atoms with Crippen molar-refractivity contribution >= 4 is 0 Å². The second-order valence-electron chi connectivity index (χ2n) is 6.63. The number of aromatic nitrogens is 2. The first kappa shape index (κ1) is 13.2. The molecule has 0 aromatic carbocycles. The molecule has 1 aromatic rings. The number of hydrogen-bond donors (Lipinski definition) is 1. The molecule has 1 rings (SSSR count). The largest absolute Gasteiger partial charge is 0.388 e. The van der Waals surface area contributed by atoms with Crippen molar-refractivity contribution in [2.45, 2.75) is 53.1 Å². The molecule has 1 N–H and O–H groups in total. The molecule has 0 radical (unpaired) electrons. The van der Waals surface area contributed by atoms with E-state index in [9.17, 15) is 5.11 Å². The summed E-state index contributed by atoms with van der Waals surface area (Å²) in [6.45, 7) is 12.5. The maximum atomic E-state index is 10.4. The van der Waals surface area contributed by atoms with Crippen LogP contribution in [0.15, 0.2) is 6.20 Å². The van der Waals surface area contributed by atoms with E-state index in [4.69, 9.17) is 0 Å². The average Bonchev–Trinajstić information content (AvgIpc) is 2.43. The lowest BCUT2D eigenvalue weighted by Gasteiger charge is -2.28. The Morgan fingerprint density at radius 3 is 2.06 bits per heavy atom. The van der Waals surface area contributed by atoms with Crippen LogP contribution < -0.4 is 0 Å². The van der Waals surface area contributed by atoms with Gasteiger partial charge in [-0.3, -0.25) is 4.68 Å². The van der Waals surface area contributed by atoms with Crippen LogP contribution in [0.5, 0.6) is 0 Å². The molecule has 0 bridgehead atoms. The Bertz CT molecular complexity index is 366. The Balaban J connectivity index is 3.24. The van der Waals surface area contributed by atoms with Crippen molar-refractivity contribution in [3.05, 3.63) is 17.5 Å². The number of aryl methyl sites for hydroxylation is 1. The fourth-order valence-electron chi connectivity index (χ4n) is 1.76. The van der Waals surface area contributed by atoms with Gasteiger partial charge in [0.15, 0.2) is 0 Å². The average molecular weight is 224 g/mol. The summed E-state index contributed by atoms with van der Waals surface area (Å²) in [5.41, 5.74) is 1.73. The van der Waals surface area contributed by atoms with E-state index >= 15 is 0 Å². The topological polar surface area (TPSA) is 38.0 Å². The normalized spacial score (nSPS) is 15.2. The predicted molar refractivity (Wildman–Crippen MR) is 66.3 cm³/mol. The second kappa shape index (κ2) is 3.88. The molecule has 1 atom stereocenters. The fraction of sp³-hybridized carbons (Fsp3) is 0.769. The molecule has 0 fully saturated rings. The van der Waals surface area contributed by atoms with Gasteiger partial charge in [0.25, 0.3) is 0 Å². The highest BCUT2D eigenvalue weighted by atomic mass is 16.3. The smallest absolute Gasteiger partial charge is 0.0871 e. The Hall–Kier alpha value is -0.830. The van der Waals surface area contributed by atoms with Crippen LogP contribution in [-0.4, -0.2) is 14.9 Å². The number of aliphatic hydroxyl groups excluding tert-OH is 1. The highest BCUT2D eigenvalue weighted by molar-refractivity contribution is 5.27. The number of nitrogens with zero attached hydrogens (tertiary/aromatic N) is 2. The minimum atomic E-state index is -0.476. The SMILES string of the molecule is Cn1cc(C(O)C(C)(C)C)c(C(C)(C)C)n1. The summed E-state index contributed by atoms with van der Waals surface area (Å²) in [6.07, 6.45) is 1.45. The highest BCUT2D eigenvalue weighted by Crippen LogP contribution is 2.37. The van der Waals surface area contributed by atoms with Crippen molar-refractivity contribution in [3.8, 4) is 0 Å². The summed E-state index contributed by atoms with van der Waals surface area (Å²) < 4.78 is 1.78. The molecule has 0 aliphatic rings. The zero-order valence-corrected chi connectivity index (χ0v) is 11.5. The molecule has 1 unspecified atom stereocenters. The minimum absolute atomic E-state index is 0.0389. The van der Waals surface area contributed by atoms with E-state index in [0.29, 0.717) is 0 Å². The maximum Gasteiger partial charge on any atom is 0.0871 e. The summed E-state index contributed by atoms with van der Waals surface area (Å²) in [4.78, 5) is 0. The third kappa shape index (κ3) is 2.64. The molecular weight excluding hydrogens is 200 g/mol.